The minimum Gasteiger partial charge on any atom is -0.496 e. The molecule has 1 saturated heterocycles. The molecule has 1 heterocycles. The summed E-state index contributed by atoms with van der Waals surface area (Å²) < 4.78 is 5.29. The van der Waals surface area contributed by atoms with Crippen molar-refractivity contribution in [1.29, 1.82) is 0 Å². The molecule has 1 atom stereocenters. The molecule has 152 valence electrons. The van der Waals surface area contributed by atoms with Crippen LogP contribution in [-0.4, -0.2) is 24.7 Å². The number of piperidine rings is 1. The second-order valence-electron chi connectivity index (χ2n) is 6.11. The average molecular weight is 386 g/mol. The van der Waals surface area contributed by atoms with E-state index in [1.54, 1.807) is 7.11 Å². The maximum atomic E-state index is 11.7. The number of imide groups is 1. The molecule has 5 heteroatoms. The Balaban J connectivity index is 0.000000260. The van der Waals surface area contributed by atoms with E-state index in [1.807, 2.05) is 65.0 Å². The maximum Gasteiger partial charge on any atom is 0.229 e. The van der Waals surface area contributed by atoms with Gasteiger partial charge in [0.15, 0.2) is 5.78 Å². The van der Waals surface area contributed by atoms with Gasteiger partial charge in [0, 0.05) is 29.7 Å². The molecule has 2 aromatic carbocycles. The number of rotatable bonds is 1. The third-order valence-electron chi connectivity index (χ3n) is 4.47. The van der Waals surface area contributed by atoms with E-state index < -0.39 is 0 Å². The van der Waals surface area contributed by atoms with Crippen LogP contribution in [-0.2, 0) is 16.0 Å². The second-order valence-corrected chi connectivity index (χ2v) is 6.11. The summed E-state index contributed by atoms with van der Waals surface area (Å²) in [5, 5.41) is 4.36. The fourth-order valence-electron chi connectivity index (χ4n) is 3.08. The number of ketones is 1. The van der Waals surface area contributed by atoms with Gasteiger partial charge in [-0.3, -0.25) is 19.7 Å². The first-order valence-corrected chi connectivity index (χ1v) is 9.96. The molecule has 1 unspecified atom stereocenters. The summed E-state index contributed by atoms with van der Waals surface area (Å²) in [6.45, 7) is 9.82. The van der Waals surface area contributed by atoms with Gasteiger partial charge in [0.05, 0.1) is 7.11 Å². The molecular formula is C23H31NO4. The number of amides is 2. The van der Waals surface area contributed by atoms with Crippen LogP contribution >= 0.6 is 0 Å². The highest BCUT2D eigenvalue weighted by Gasteiger charge is 2.23. The van der Waals surface area contributed by atoms with Crippen LogP contribution in [0.1, 0.15) is 63.4 Å². The van der Waals surface area contributed by atoms with Gasteiger partial charge in [0.25, 0.3) is 0 Å². The zero-order chi connectivity index (χ0) is 21.3. The molecule has 0 bridgehead atoms. The first kappa shape index (κ1) is 23.3. The van der Waals surface area contributed by atoms with Crippen molar-refractivity contribution in [2.75, 3.05) is 7.11 Å². The van der Waals surface area contributed by atoms with Crippen molar-refractivity contribution in [2.24, 2.45) is 5.92 Å². The first-order chi connectivity index (χ1) is 13.5. The van der Waals surface area contributed by atoms with Crippen molar-refractivity contribution >= 4 is 28.4 Å². The van der Waals surface area contributed by atoms with Gasteiger partial charge in [-0.25, -0.2) is 0 Å². The van der Waals surface area contributed by atoms with Crippen LogP contribution in [0.2, 0.25) is 0 Å². The zero-order valence-corrected chi connectivity index (χ0v) is 17.7. The molecule has 1 aliphatic heterocycles. The highest BCUT2D eigenvalue weighted by Crippen LogP contribution is 2.35. The molecule has 0 saturated carbocycles. The summed E-state index contributed by atoms with van der Waals surface area (Å²) in [6.07, 6.45) is 1.72. The molecule has 28 heavy (non-hydrogen) atoms. The van der Waals surface area contributed by atoms with Gasteiger partial charge in [0.1, 0.15) is 5.75 Å². The molecule has 2 amide bonds. The number of carbonyl (C=O) groups excluding carboxylic acids is 3. The Bertz CT molecular complexity index is 842. The standard InChI is InChI=1S/C13H10O2.C6H9NO2.2C2H6/c1-15-12-6-5-8-7-11(14)9-3-2-4-10(12)13(8)9;1-4-2-3-5(8)7-6(4)9;2*1-2/h2-6H,7H2,1H3;4H,2-3H2,1H3,(H,7,8,9);2*1-2H3. The third-order valence-corrected chi connectivity index (χ3v) is 4.47. The molecule has 2 aromatic rings. The lowest BCUT2D eigenvalue weighted by molar-refractivity contribution is -0.135. The number of hydrogen-bond donors (Lipinski definition) is 1. The predicted octanol–water partition coefficient (Wildman–Crippen LogP) is 4.70. The molecule has 0 radical (unpaired) electrons. The van der Waals surface area contributed by atoms with E-state index in [1.165, 1.54) is 0 Å². The van der Waals surface area contributed by atoms with E-state index >= 15 is 0 Å². The Hall–Kier alpha value is -2.69. The molecule has 1 aliphatic carbocycles. The quantitative estimate of drug-likeness (QED) is 0.722. The fraction of sp³-hybridized carbons (Fsp3) is 0.435. The van der Waals surface area contributed by atoms with E-state index in [0.29, 0.717) is 19.3 Å². The minimum absolute atomic E-state index is 0.0164. The summed E-state index contributed by atoms with van der Waals surface area (Å²) in [5.41, 5.74) is 1.95. The largest absolute Gasteiger partial charge is 0.496 e. The van der Waals surface area contributed by atoms with Gasteiger partial charge in [-0.05, 0) is 23.4 Å². The first-order valence-electron chi connectivity index (χ1n) is 9.96. The van der Waals surface area contributed by atoms with Crippen molar-refractivity contribution in [3.63, 3.8) is 0 Å². The Morgan fingerprint density at radius 1 is 1.00 bits per heavy atom. The van der Waals surface area contributed by atoms with Crippen LogP contribution in [0.3, 0.4) is 0 Å². The van der Waals surface area contributed by atoms with E-state index in [4.69, 9.17) is 4.74 Å². The van der Waals surface area contributed by atoms with Crippen LogP contribution in [0.5, 0.6) is 5.75 Å². The normalized spacial score (nSPS) is 16.6. The van der Waals surface area contributed by atoms with Crippen LogP contribution in [0.15, 0.2) is 30.3 Å². The van der Waals surface area contributed by atoms with Gasteiger partial charge < -0.3 is 4.74 Å². The number of methoxy groups -OCH3 is 1. The fourth-order valence-corrected chi connectivity index (χ4v) is 3.08. The smallest absolute Gasteiger partial charge is 0.229 e. The number of nitrogens with one attached hydrogen (secondary N) is 1. The Morgan fingerprint density at radius 3 is 2.25 bits per heavy atom. The Labute approximate surface area is 167 Å². The molecule has 0 spiro atoms. The molecule has 1 N–H and O–H groups in total. The summed E-state index contributed by atoms with van der Waals surface area (Å²) in [7, 11) is 1.65. The number of ether oxygens (including phenoxy) is 1. The van der Waals surface area contributed by atoms with Gasteiger partial charge >= 0.3 is 0 Å². The Kier molecular flexibility index (Phi) is 9.36. The predicted molar refractivity (Wildman–Crippen MR) is 113 cm³/mol. The van der Waals surface area contributed by atoms with Crippen LogP contribution in [0, 0.1) is 5.92 Å². The lowest BCUT2D eigenvalue weighted by Gasteiger charge is -2.15. The van der Waals surface area contributed by atoms with Crippen LogP contribution < -0.4 is 10.1 Å². The van der Waals surface area contributed by atoms with Crippen LogP contribution in [0.4, 0.5) is 0 Å². The SMILES string of the molecule is CC.CC.CC1CCC(=O)NC1=O.COc1ccc2c3c(cccc13)C(=O)C2. The van der Waals surface area contributed by atoms with E-state index in [0.717, 1.165) is 27.6 Å². The lowest BCUT2D eigenvalue weighted by atomic mass is 10.0. The molecule has 2 aliphatic rings. The van der Waals surface area contributed by atoms with Gasteiger partial charge in [-0.2, -0.15) is 0 Å². The molecule has 5 nitrogen and oxygen atoms in total. The average Bonchev–Trinajstić information content (AvgIpc) is 3.06. The van der Waals surface area contributed by atoms with E-state index in [9.17, 15) is 14.4 Å². The van der Waals surface area contributed by atoms with Crippen molar-refractivity contribution in [3.05, 3.63) is 41.5 Å². The van der Waals surface area contributed by atoms with Crippen molar-refractivity contribution < 1.29 is 19.1 Å². The number of hydrogen-bond acceptors (Lipinski definition) is 4. The summed E-state index contributed by atoms with van der Waals surface area (Å²) >= 11 is 0. The highest BCUT2D eigenvalue weighted by molar-refractivity contribution is 6.16. The second kappa shape index (κ2) is 11.2. The third kappa shape index (κ3) is 5.18. The van der Waals surface area contributed by atoms with Crippen LogP contribution in [0.25, 0.3) is 10.8 Å². The Morgan fingerprint density at radius 2 is 1.68 bits per heavy atom. The van der Waals surface area contributed by atoms with Gasteiger partial charge in [-0.1, -0.05) is 58.9 Å². The zero-order valence-electron chi connectivity index (χ0n) is 17.7. The lowest BCUT2D eigenvalue weighted by Crippen LogP contribution is -2.39. The van der Waals surface area contributed by atoms with Gasteiger partial charge in [-0.15, -0.1) is 0 Å². The summed E-state index contributed by atoms with van der Waals surface area (Å²) in [6, 6.07) is 9.71. The number of carbonyl (C=O) groups is 3. The highest BCUT2D eigenvalue weighted by atomic mass is 16.5. The molecule has 4 rings (SSSR count). The van der Waals surface area contributed by atoms with Crippen molar-refractivity contribution in [3.8, 4) is 5.75 Å². The summed E-state index contributed by atoms with van der Waals surface area (Å²) in [4.78, 5) is 32.9. The minimum atomic E-state index is -0.141. The molecular weight excluding hydrogens is 354 g/mol. The molecule has 0 aromatic heterocycles. The monoisotopic (exact) mass is 385 g/mol. The van der Waals surface area contributed by atoms with Crippen molar-refractivity contribution in [1.82, 2.24) is 5.32 Å². The molecule has 1 fully saturated rings. The van der Waals surface area contributed by atoms with E-state index in [2.05, 4.69) is 5.32 Å². The number of benzene rings is 2. The summed E-state index contributed by atoms with van der Waals surface area (Å²) in [5.74, 6) is 0.793. The topological polar surface area (TPSA) is 72.5 Å². The van der Waals surface area contributed by atoms with Crippen molar-refractivity contribution in [2.45, 2.75) is 53.9 Å². The number of Topliss-reactive ketones (excluding diaryl/α,β-unsaturated/α-hetero) is 1. The van der Waals surface area contributed by atoms with Gasteiger partial charge in [0.2, 0.25) is 11.8 Å². The maximum absolute atomic E-state index is 11.7. The van der Waals surface area contributed by atoms with E-state index in [-0.39, 0.29) is 23.5 Å².